The van der Waals surface area contributed by atoms with Crippen molar-refractivity contribution in [3.8, 4) is 5.75 Å². The van der Waals surface area contributed by atoms with Crippen molar-refractivity contribution in [1.82, 2.24) is 15.5 Å². The van der Waals surface area contributed by atoms with Crippen molar-refractivity contribution in [2.45, 2.75) is 33.1 Å². The van der Waals surface area contributed by atoms with E-state index in [1.54, 1.807) is 7.05 Å². The van der Waals surface area contributed by atoms with Crippen LogP contribution in [-0.2, 0) is 4.79 Å². The lowest BCUT2D eigenvalue weighted by molar-refractivity contribution is -0.121. The van der Waals surface area contributed by atoms with Gasteiger partial charge in [-0.1, -0.05) is 12.1 Å². The minimum absolute atomic E-state index is 0. The van der Waals surface area contributed by atoms with Gasteiger partial charge in [0.2, 0.25) is 5.91 Å². The molecule has 6 nitrogen and oxygen atoms in total. The highest BCUT2D eigenvalue weighted by Crippen LogP contribution is 2.20. The van der Waals surface area contributed by atoms with E-state index in [4.69, 9.17) is 9.73 Å². The van der Waals surface area contributed by atoms with E-state index in [9.17, 15) is 4.79 Å². The SMILES string of the molecule is CCNC(=NCCOc1cccc(C)c1)N1CCC(CC(=O)NC)CC1.I. The third-order valence-corrected chi connectivity index (χ3v) is 4.61. The van der Waals surface area contributed by atoms with Crippen LogP contribution in [0.5, 0.6) is 5.75 Å². The van der Waals surface area contributed by atoms with Crippen LogP contribution < -0.4 is 15.4 Å². The molecular weight excluding hydrogens is 455 g/mol. The van der Waals surface area contributed by atoms with Gasteiger partial charge in [-0.15, -0.1) is 24.0 Å². The predicted octanol–water partition coefficient (Wildman–Crippen LogP) is 2.81. The van der Waals surface area contributed by atoms with E-state index >= 15 is 0 Å². The molecule has 1 aromatic rings. The Labute approximate surface area is 180 Å². The second kappa shape index (κ2) is 12.8. The molecule has 0 radical (unpaired) electrons. The van der Waals surface area contributed by atoms with Crippen LogP contribution in [0.25, 0.3) is 0 Å². The lowest BCUT2D eigenvalue weighted by atomic mass is 9.93. The topological polar surface area (TPSA) is 66.0 Å². The number of aliphatic imine (C=N–C) groups is 1. The number of ether oxygens (including phenoxy) is 1. The van der Waals surface area contributed by atoms with Crippen LogP contribution in [-0.4, -0.2) is 56.6 Å². The molecule has 1 saturated heterocycles. The van der Waals surface area contributed by atoms with Gasteiger partial charge in [-0.05, 0) is 50.3 Å². The van der Waals surface area contributed by atoms with Gasteiger partial charge in [0.1, 0.15) is 12.4 Å². The van der Waals surface area contributed by atoms with Crippen molar-refractivity contribution in [2.75, 3.05) is 39.8 Å². The van der Waals surface area contributed by atoms with Crippen molar-refractivity contribution in [2.24, 2.45) is 10.9 Å². The number of halogens is 1. The molecule has 0 saturated carbocycles. The molecule has 1 aliphatic heterocycles. The van der Waals surface area contributed by atoms with E-state index in [0.29, 0.717) is 25.5 Å². The van der Waals surface area contributed by atoms with Crippen molar-refractivity contribution < 1.29 is 9.53 Å². The average Bonchev–Trinajstić information content (AvgIpc) is 2.65. The zero-order valence-corrected chi connectivity index (χ0v) is 19.0. The quantitative estimate of drug-likeness (QED) is 0.268. The van der Waals surface area contributed by atoms with Gasteiger partial charge in [0.25, 0.3) is 0 Å². The Bertz CT molecular complexity index is 601. The summed E-state index contributed by atoms with van der Waals surface area (Å²) in [5.74, 6) is 2.44. The van der Waals surface area contributed by atoms with Gasteiger partial charge in [-0.3, -0.25) is 4.79 Å². The first-order chi connectivity index (χ1) is 12.6. The maximum atomic E-state index is 11.5. The lowest BCUT2D eigenvalue weighted by Gasteiger charge is -2.34. The van der Waals surface area contributed by atoms with E-state index in [0.717, 1.165) is 44.2 Å². The highest BCUT2D eigenvalue weighted by Gasteiger charge is 2.22. The number of nitrogens with zero attached hydrogens (tertiary/aromatic N) is 2. The highest BCUT2D eigenvalue weighted by atomic mass is 127. The number of rotatable bonds is 7. The number of amides is 1. The lowest BCUT2D eigenvalue weighted by Crippen LogP contribution is -2.46. The summed E-state index contributed by atoms with van der Waals surface area (Å²) in [5.41, 5.74) is 1.19. The minimum Gasteiger partial charge on any atom is -0.492 e. The molecule has 0 aromatic heterocycles. The fraction of sp³-hybridized carbons (Fsp3) is 0.600. The van der Waals surface area contributed by atoms with Crippen molar-refractivity contribution in [3.63, 3.8) is 0 Å². The standard InChI is InChI=1S/C20H32N4O2.HI/c1-4-22-20(23-10-13-26-18-7-5-6-16(2)14-18)24-11-8-17(9-12-24)15-19(25)21-3;/h5-7,14,17H,4,8-13,15H2,1-3H3,(H,21,25)(H,22,23);1H. The summed E-state index contributed by atoms with van der Waals surface area (Å²) in [4.78, 5) is 18.5. The number of guanidine groups is 1. The fourth-order valence-corrected chi connectivity index (χ4v) is 3.16. The number of piperidine rings is 1. The molecule has 2 N–H and O–H groups in total. The summed E-state index contributed by atoms with van der Waals surface area (Å²) in [6.07, 6.45) is 2.68. The van der Waals surface area contributed by atoms with Gasteiger partial charge in [0.05, 0.1) is 6.54 Å². The third-order valence-electron chi connectivity index (χ3n) is 4.61. The summed E-state index contributed by atoms with van der Waals surface area (Å²) < 4.78 is 5.78. The largest absolute Gasteiger partial charge is 0.492 e. The Kier molecular flexibility index (Phi) is 11.2. The third kappa shape index (κ3) is 8.36. The van der Waals surface area contributed by atoms with Crippen molar-refractivity contribution in [3.05, 3.63) is 29.8 Å². The molecule has 0 unspecified atom stereocenters. The number of aryl methyl sites for hydroxylation is 1. The van der Waals surface area contributed by atoms with Crippen LogP contribution in [0.1, 0.15) is 31.7 Å². The summed E-state index contributed by atoms with van der Waals surface area (Å²) in [7, 11) is 1.70. The van der Waals surface area contributed by atoms with E-state index in [1.165, 1.54) is 5.56 Å². The summed E-state index contributed by atoms with van der Waals surface area (Å²) >= 11 is 0. The fourth-order valence-electron chi connectivity index (χ4n) is 3.16. The molecule has 1 amide bonds. The predicted molar refractivity (Wildman–Crippen MR) is 121 cm³/mol. The van der Waals surface area contributed by atoms with Gasteiger partial charge < -0.3 is 20.3 Å². The monoisotopic (exact) mass is 488 g/mol. The molecular formula is C20H33IN4O2. The van der Waals surface area contributed by atoms with Gasteiger partial charge >= 0.3 is 0 Å². The van der Waals surface area contributed by atoms with Crippen LogP contribution in [0.15, 0.2) is 29.3 Å². The maximum Gasteiger partial charge on any atom is 0.220 e. The van der Waals surface area contributed by atoms with Crippen LogP contribution in [0.4, 0.5) is 0 Å². The molecule has 0 atom stereocenters. The Morgan fingerprint density at radius 1 is 1.33 bits per heavy atom. The van der Waals surface area contributed by atoms with Crippen LogP contribution in [0.2, 0.25) is 0 Å². The molecule has 1 aromatic carbocycles. The van der Waals surface area contributed by atoms with Crippen LogP contribution >= 0.6 is 24.0 Å². The second-order valence-electron chi connectivity index (χ2n) is 6.71. The van der Waals surface area contributed by atoms with Gasteiger partial charge in [0.15, 0.2) is 5.96 Å². The first-order valence-corrected chi connectivity index (χ1v) is 9.55. The van der Waals surface area contributed by atoms with Crippen LogP contribution in [0, 0.1) is 12.8 Å². The van der Waals surface area contributed by atoms with Crippen LogP contribution in [0.3, 0.4) is 0 Å². The Balaban J connectivity index is 0.00000364. The molecule has 2 rings (SSSR count). The van der Waals surface area contributed by atoms with E-state index in [1.807, 2.05) is 18.2 Å². The zero-order valence-electron chi connectivity index (χ0n) is 16.7. The zero-order chi connectivity index (χ0) is 18.8. The number of nitrogens with one attached hydrogen (secondary N) is 2. The molecule has 1 heterocycles. The van der Waals surface area contributed by atoms with Crippen molar-refractivity contribution in [1.29, 1.82) is 0 Å². The van der Waals surface area contributed by atoms with E-state index in [-0.39, 0.29) is 29.9 Å². The van der Waals surface area contributed by atoms with E-state index in [2.05, 4.69) is 35.4 Å². The summed E-state index contributed by atoms with van der Waals surface area (Å²) in [6, 6.07) is 8.06. The first kappa shape index (κ1) is 23.5. The molecule has 0 bridgehead atoms. The normalized spacial score (nSPS) is 15.1. The summed E-state index contributed by atoms with van der Waals surface area (Å²) in [5, 5.41) is 6.08. The maximum absolute atomic E-state index is 11.5. The number of benzene rings is 1. The van der Waals surface area contributed by atoms with Gasteiger partial charge in [-0.25, -0.2) is 4.99 Å². The molecule has 1 aliphatic rings. The molecule has 152 valence electrons. The van der Waals surface area contributed by atoms with E-state index < -0.39 is 0 Å². The molecule has 0 aliphatic carbocycles. The first-order valence-electron chi connectivity index (χ1n) is 9.55. The van der Waals surface area contributed by atoms with Gasteiger partial charge in [0, 0.05) is 33.1 Å². The Hall–Kier alpha value is -1.51. The summed E-state index contributed by atoms with van der Waals surface area (Å²) in [6.45, 7) is 8.03. The Morgan fingerprint density at radius 3 is 2.70 bits per heavy atom. The molecule has 0 spiro atoms. The Morgan fingerprint density at radius 2 is 2.07 bits per heavy atom. The number of hydrogen-bond acceptors (Lipinski definition) is 3. The second-order valence-corrected chi connectivity index (χ2v) is 6.71. The molecule has 1 fully saturated rings. The van der Waals surface area contributed by atoms with Gasteiger partial charge in [-0.2, -0.15) is 0 Å². The number of likely N-dealkylation sites (tertiary alicyclic amines) is 1. The molecule has 7 heteroatoms. The number of carbonyl (C=O) groups is 1. The van der Waals surface area contributed by atoms with Crippen molar-refractivity contribution >= 4 is 35.8 Å². The number of carbonyl (C=O) groups excluding carboxylic acids is 1. The molecule has 27 heavy (non-hydrogen) atoms. The smallest absolute Gasteiger partial charge is 0.220 e. The minimum atomic E-state index is 0. The average molecular weight is 488 g/mol. The number of hydrogen-bond donors (Lipinski definition) is 2. The highest BCUT2D eigenvalue weighted by molar-refractivity contribution is 14.0.